The summed E-state index contributed by atoms with van der Waals surface area (Å²) < 4.78 is 6.53. The molecule has 0 amide bonds. The van der Waals surface area contributed by atoms with Gasteiger partial charge in [0.25, 0.3) is 0 Å². The normalized spacial score (nSPS) is 10.0. The molecular formula is C9H13IN2O. The zero-order chi connectivity index (χ0) is 9.68. The predicted octanol–water partition coefficient (Wildman–Crippen LogP) is 2.45. The van der Waals surface area contributed by atoms with Crippen molar-refractivity contribution in [2.75, 3.05) is 12.3 Å². The molecule has 13 heavy (non-hydrogen) atoms. The van der Waals surface area contributed by atoms with Gasteiger partial charge >= 0.3 is 0 Å². The lowest BCUT2D eigenvalue weighted by Crippen LogP contribution is -2.03. The Bertz CT molecular complexity index is 258. The Balaban J connectivity index is 2.64. The van der Waals surface area contributed by atoms with Crippen LogP contribution in [0, 0.1) is 3.57 Å². The van der Waals surface area contributed by atoms with E-state index in [2.05, 4.69) is 34.5 Å². The molecule has 1 heterocycles. The summed E-state index contributed by atoms with van der Waals surface area (Å²) in [6.07, 6.45) is 3.85. The fourth-order valence-electron chi connectivity index (χ4n) is 0.901. The van der Waals surface area contributed by atoms with Crippen molar-refractivity contribution in [3.8, 4) is 5.75 Å². The molecule has 0 saturated carbocycles. The standard InChI is InChI=1S/C9H13IN2O/c1-2-3-6-13-8-7(10)4-5-12-9(8)11/h4-5H,2-3,6H2,1H3,(H2,11,12). The lowest BCUT2D eigenvalue weighted by molar-refractivity contribution is 0.308. The monoisotopic (exact) mass is 292 g/mol. The number of hydrogen-bond acceptors (Lipinski definition) is 3. The van der Waals surface area contributed by atoms with Gasteiger partial charge in [0.1, 0.15) is 0 Å². The van der Waals surface area contributed by atoms with Crippen molar-refractivity contribution in [3.63, 3.8) is 0 Å². The van der Waals surface area contributed by atoms with Crippen LogP contribution in [-0.2, 0) is 0 Å². The molecule has 0 aliphatic rings. The molecule has 3 nitrogen and oxygen atoms in total. The Morgan fingerprint density at radius 3 is 3.00 bits per heavy atom. The molecule has 2 N–H and O–H groups in total. The van der Waals surface area contributed by atoms with E-state index in [1.165, 1.54) is 0 Å². The first-order valence-corrected chi connectivity index (χ1v) is 5.36. The summed E-state index contributed by atoms with van der Waals surface area (Å²) in [6.45, 7) is 2.84. The molecule has 0 spiro atoms. The third kappa shape index (κ3) is 3.02. The number of anilines is 1. The van der Waals surface area contributed by atoms with Crippen molar-refractivity contribution in [2.45, 2.75) is 19.8 Å². The van der Waals surface area contributed by atoms with E-state index in [1.54, 1.807) is 6.20 Å². The third-order valence-corrected chi connectivity index (χ3v) is 2.48. The number of halogens is 1. The van der Waals surface area contributed by atoms with Crippen molar-refractivity contribution in [1.29, 1.82) is 0 Å². The van der Waals surface area contributed by atoms with Gasteiger partial charge in [0.2, 0.25) is 0 Å². The summed E-state index contributed by atoms with van der Waals surface area (Å²) in [4.78, 5) is 3.97. The average molecular weight is 292 g/mol. The molecule has 0 bridgehead atoms. The number of aromatic nitrogens is 1. The fraction of sp³-hybridized carbons (Fsp3) is 0.444. The minimum atomic E-state index is 0.475. The zero-order valence-corrected chi connectivity index (χ0v) is 9.74. The van der Waals surface area contributed by atoms with E-state index in [-0.39, 0.29) is 0 Å². The summed E-state index contributed by atoms with van der Waals surface area (Å²) in [5, 5.41) is 0. The lowest BCUT2D eigenvalue weighted by atomic mass is 10.3. The van der Waals surface area contributed by atoms with E-state index in [0.29, 0.717) is 12.4 Å². The maximum atomic E-state index is 5.66. The number of unbranched alkanes of at least 4 members (excludes halogenated alkanes) is 1. The highest BCUT2D eigenvalue weighted by atomic mass is 127. The second-order valence-electron chi connectivity index (χ2n) is 2.71. The summed E-state index contributed by atoms with van der Waals surface area (Å²) in [6, 6.07) is 1.89. The second-order valence-corrected chi connectivity index (χ2v) is 3.87. The van der Waals surface area contributed by atoms with Gasteiger partial charge in [0, 0.05) is 6.20 Å². The molecule has 0 fully saturated rings. The first kappa shape index (κ1) is 10.6. The lowest BCUT2D eigenvalue weighted by Gasteiger charge is -2.08. The van der Waals surface area contributed by atoms with Crippen LogP contribution in [0.4, 0.5) is 5.82 Å². The Hall–Kier alpha value is -0.520. The summed E-state index contributed by atoms with van der Waals surface area (Å²) in [5.74, 6) is 1.19. The van der Waals surface area contributed by atoms with E-state index in [9.17, 15) is 0 Å². The second kappa shape index (κ2) is 5.26. The van der Waals surface area contributed by atoms with Crippen molar-refractivity contribution in [1.82, 2.24) is 4.98 Å². The van der Waals surface area contributed by atoms with Gasteiger partial charge in [-0.05, 0) is 35.1 Å². The van der Waals surface area contributed by atoms with Crippen LogP contribution in [0.5, 0.6) is 5.75 Å². The molecular weight excluding hydrogens is 279 g/mol. The molecule has 0 radical (unpaired) electrons. The van der Waals surface area contributed by atoms with Gasteiger partial charge in [-0.3, -0.25) is 0 Å². The number of hydrogen-bond donors (Lipinski definition) is 1. The summed E-state index contributed by atoms with van der Waals surface area (Å²) in [7, 11) is 0. The highest BCUT2D eigenvalue weighted by Crippen LogP contribution is 2.25. The zero-order valence-electron chi connectivity index (χ0n) is 7.59. The van der Waals surface area contributed by atoms with Crippen LogP contribution in [0.2, 0.25) is 0 Å². The Kier molecular flexibility index (Phi) is 4.27. The van der Waals surface area contributed by atoms with Gasteiger partial charge in [-0.25, -0.2) is 4.98 Å². The molecule has 1 aromatic heterocycles. The molecule has 0 aliphatic heterocycles. The van der Waals surface area contributed by atoms with E-state index >= 15 is 0 Å². The van der Waals surface area contributed by atoms with Crippen molar-refractivity contribution < 1.29 is 4.74 Å². The van der Waals surface area contributed by atoms with Crippen molar-refractivity contribution >= 4 is 28.4 Å². The molecule has 4 heteroatoms. The van der Waals surface area contributed by atoms with Crippen LogP contribution in [0.1, 0.15) is 19.8 Å². The number of nitrogens with zero attached hydrogens (tertiary/aromatic N) is 1. The van der Waals surface area contributed by atoms with Crippen molar-refractivity contribution in [2.24, 2.45) is 0 Å². The molecule has 0 unspecified atom stereocenters. The molecule has 0 aromatic carbocycles. The Morgan fingerprint density at radius 1 is 1.62 bits per heavy atom. The molecule has 0 saturated heterocycles. The van der Waals surface area contributed by atoms with Gasteiger partial charge in [0.05, 0.1) is 10.2 Å². The maximum Gasteiger partial charge on any atom is 0.174 e. The molecule has 1 aromatic rings. The van der Waals surface area contributed by atoms with Crippen LogP contribution in [-0.4, -0.2) is 11.6 Å². The fourth-order valence-corrected chi connectivity index (χ4v) is 1.49. The van der Waals surface area contributed by atoms with Crippen LogP contribution in [0.25, 0.3) is 0 Å². The summed E-state index contributed by atoms with van der Waals surface area (Å²) in [5.41, 5.74) is 5.66. The highest BCUT2D eigenvalue weighted by Gasteiger charge is 2.05. The molecule has 72 valence electrons. The minimum absolute atomic E-state index is 0.475. The highest BCUT2D eigenvalue weighted by molar-refractivity contribution is 14.1. The number of pyridine rings is 1. The van der Waals surface area contributed by atoms with E-state index < -0.39 is 0 Å². The average Bonchev–Trinajstić information content (AvgIpc) is 2.10. The largest absolute Gasteiger partial charge is 0.489 e. The Morgan fingerprint density at radius 2 is 2.38 bits per heavy atom. The topological polar surface area (TPSA) is 48.1 Å². The quantitative estimate of drug-likeness (QED) is 0.685. The smallest absolute Gasteiger partial charge is 0.174 e. The van der Waals surface area contributed by atoms with Gasteiger partial charge < -0.3 is 10.5 Å². The van der Waals surface area contributed by atoms with E-state index in [0.717, 1.165) is 22.2 Å². The van der Waals surface area contributed by atoms with Crippen LogP contribution >= 0.6 is 22.6 Å². The number of nitrogens with two attached hydrogens (primary N) is 1. The van der Waals surface area contributed by atoms with Gasteiger partial charge in [-0.2, -0.15) is 0 Å². The molecule has 0 atom stereocenters. The van der Waals surface area contributed by atoms with Gasteiger partial charge in [-0.1, -0.05) is 13.3 Å². The van der Waals surface area contributed by atoms with Gasteiger partial charge in [-0.15, -0.1) is 0 Å². The minimum Gasteiger partial charge on any atom is -0.489 e. The van der Waals surface area contributed by atoms with Crippen molar-refractivity contribution in [3.05, 3.63) is 15.8 Å². The maximum absolute atomic E-state index is 5.66. The third-order valence-electron chi connectivity index (χ3n) is 1.63. The van der Waals surface area contributed by atoms with E-state index in [4.69, 9.17) is 10.5 Å². The van der Waals surface area contributed by atoms with Crippen LogP contribution in [0.3, 0.4) is 0 Å². The first-order valence-electron chi connectivity index (χ1n) is 4.28. The number of nitrogen functional groups attached to an aromatic ring is 1. The van der Waals surface area contributed by atoms with Crippen LogP contribution in [0.15, 0.2) is 12.3 Å². The predicted molar refractivity (Wildman–Crippen MR) is 61.8 cm³/mol. The molecule has 1 rings (SSSR count). The van der Waals surface area contributed by atoms with Crippen LogP contribution < -0.4 is 10.5 Å². The van der Waals surface area contributed by atoms with E-state index in [1.807, 2.05) is 6.07 Å². The summed E-state index contributed by atoms with van der Waals surface area (Å²) >= 11 is 2.19. The number of ether oxygens (including phenoxy) is 1. The first-order chi connectivity index (χ1) is 6.25. The molecule has 0 aliphatic carbocycles. The van der Waals surface area contributed by atoms with Gasteiger partial charge in [0.15, 0.2) is 11.6 Å². The SMILES string of the molecule is CCCCOc1c(I)ccnc1N. The number of rotatable bonds is 4. The Labute approximate surface area is 91.8 Å².